The van der Waals surface area contributed by atoms with Gasteiger partial charge in [-0.2, -0.15) is 0 Å². The molecular formula is C17H17ClN2O. The van der Waals surface area contributed by atoms with Crippen molar-refractivity contribution in [3.05, 3.63) is 54.4 Å². The van der Waals surface area contributed by atoms with Gasteiger partial charge in [-0.15, -0.1) is 11.6 Å². The number of allylic oxidation sites excluding steroid dienone is 1. The molecule has 0 aliphatic heterocycles. The van der Waals surface area contributed by atoms with Gasteiger partial charge in [-0.05, 0) is 30.7 Å². The summed E-state index contributed by atoms with van der Waals surface area (Å²) in [6.07, 6.45) is 4.17. The number of benzene rings is 1. The number of hydrogen-bond acceptors (Lipinski definition) is 2. The lowest BCUT2D eigenvalue weighted by Crippen LogP contribution is -2.43. The number of amides is 1. The summed E-state index contributed by atoms with van der Waals surface area (Å²) in [5, 5.41) is 4.81. The van der Waals surface area contributed by atoms with Crippen molar-refractivity contribution in [2.24, 2.45) is 0 Å². The fourth-order valence-electron chi connectivity index (χ4n) is 2.76. The summed E-state index contributed by atoms with van der Waals surface area (Å²) in [5.41, 5.74) is 1.62. The van der Waals surface area contributed by atoms with E-state index in [1.54, 1.807) is 6.20 Å². The highest BCUT2D eigenvalue weighted by molar-refractivity contribution is 6.21. The van der Waals surface area contributed by atoms with Crippen LogP contribution in [0, 0.1) is 0 Å². The van der Waals surface area contributed by atoms with E-state index in [2.05, 4.69) is 16.9 Å². The standard InChI is InChI=1S/C17H17ClN2O/c1-11-6-7-15(14(18)10-11)20-17(21)16-13-5-3-2-4-12(13)8-9-19-16/h2-5,8-9,14-15H,1,6-7,10H2,(H,20,21). The molecule has 4 heteroatoms. The number of nitrogens with one attached hydrogen (secondary N) is 1. The third-order valence-electron chi connectivity index (χ3n) is 3.93. The highest BCUT2D eigenvalue weighted by Gasteiger charge is 2.27. The lowest BCUT2D eigenvalue weighted by Gasteiger charge is -2.29. The van der Waals surface area contributed by atoms with Crippen LogP contribution in [0.15, 0.2) is 48.7 Å². The smallest absolute Gasteiger partial charge is 0.270 e. The second kappa shape index (κ2) is 5.86. The Hall–Kier alpha value is -1.87. The third-order valence-corrected chi connectivity index (χ3v) is 4.39. The Kier molecular flexibility index (Phi) is 3.93. The molecule has 1 heterocycles. The SMILES string of the molecule is C=C1CCC(NC(=O)c2nccc3ccccc23)C(Cl)C1. The van der Waals surface area contributed by atoms with Crippen molar-refractivity contribution in [1.82, 2.24) is 10.3 Å². The summed E-state index contributed by atoms with van der Waals surface area (Å²) < 4.78 is 0. The first kappa shape index (κ1) is 14.1. The Morgan fingerprint density at radius 2 is 2.14 bits per heavy atom. The lowest BCUT2D eigenvalue weighted by atomic mass is 9.91. The van der Waals surface area contributed by atoms with E-state index in [1.807, 2.05) is 30.3 Å². The van der Waals surface area contributed by atoms with Crippen LogP contribution in [-0.2, 0) is 0 Å². The Labute approximate surface area is 129 Å². The summed E-state index contributed by atoms with van der Waals surface area (Å²) in [7, 11) is 0. The van der Waals surface area contributed by atoms with E-state index < -0.39 is 0 Å². The van der Waals surface area contributed by atoms with Gasteiger partial charge in [0, 0.05) is 17.6 Å². The normalized spacial score (nSPS) is 22.2. The number of pyridine rings is 1. The molecule has 0 bridgehead atoms. The molecular weight excluding hydrogens is 284 g/mol. The molecule has 2 atom stereocenters. The van der Waals surface area contributed by atoms with Gasteiger partial charge in [-0.25, -0.2) is 0 Å². The second-order valence-electron chi connectivity index (χ2n) is 5.47. The fourth-order valence-corrected chi connectivity index (χ4v) is 3.17. The van der Waals surface area contributed by atoms with Gasteiger partial charge in [0.2, 0.25) is 0 Å². The number of fused-ring (bicyclic) bond motifs is 1. The number of hydrogen-bond donors (Lipinski definition) is 1. The van der Waals surface area contributed by atoms with Crippen LogP contribution >= 0.6 is 11.6 Å². The molecule has 1 aliphatic rings. The van der Waals surface area contributed by atoms with E-state index >= 15 is 0 Å². The summed E-state index contributed by atoms with van der Waals surface area (Å²) in [6, 6.07) is 9.63. The third kappa shape index (κ3) is 2.93. The number of nitrogens with zero attached hydrogens (tertiary/aromatic N) is 1. The van der Waals surface area contributed by atoms with Gasteiger partial charge in [0.25, 0.3) is 5.91 Å². The Balaban J connectivity index is 1.83. The first-order valence-corrected chi connectivity index (χ1v) is 7.54. The van der Waals surface area contributed by atoms with Gasteiger partial charge < -0.3 is 5.32 Å². The van der Waals surface area contributed by atoms with Gasteiger partial charge in [-0.3, -0.25) is 9.78 Å². The maximum atomic E-state index is 12.5. The number of alkyl halides is 1. The Morgan fingerprint density at radius 1 is 1.33 bits per heavy atom. The monoisotopic (exact) mass is 300 g/mol. The maximum absolute atomic E-state index is 12.5. The van der Waals surface area contributed by atoms with Crippen LogP contribution in [0.2, 0.25) is 0 Å². The number of carbonyl (C=O) groups is 1. The van der Waals surface area contributed by atoms with Crippen LogP contribution in [0.25, 0.3) is 10.8 Å². The Morgan fingerprint density at radius 3 is 2.95 bits per heavy atom. The number of halogens is 1. The molecule has 0 radical (unpaired) electrons. The van der Waals surface area contributed by atoms with Gasteiger partial charge in [0.15, 0.2) is 0 Å². The van der Waals surface area contributed by atoms with Crippen molar-refractivity contribution in [1.29, 1.82) is 0 Å². The first-order valence-electron chi connectivity index (χ1n) is 7.10. The van der Waals surface area contributed by atoms with Crippen LogP contribution in [0.5, 0.6) is 0 Å². The van der Waals surface area contributed by atoms with Crippen LogP contribution in [-0.4, -0.2) is 22.3 Å². The predicted octanol–water partition coefficient (Wildman–Crippen LogP) is 3.68. The molecule has 2 aromatic rings. The van der Waals surface area contributed by atoms with Crippen LogP contribution in [0.3, 0.4) is 0 Å². The number of carbonyl (C=O) groups excluding carboxylic acids is 1. The van der Waals surface area contributed by atoms with Crippen molar-refractivity contribution < 1.29 is 4.79 Å². The van der Waals surface area contributed by atoms with Gasteiger partial charge in [0.05, 0.1) is 5.38 Å². The largest absolute Gasteiger partial charge is 0.346 e. The maximum Gasteiger partial charge on any atom is 0.270 e. The average Bonchev–Trinajstić information content (AvgIpc) is 2.49. The van der Waals surface area contributed by atoms with E-state index in [-0.39, 0.29) is 17.3 Å². The lowest BCUT2D eigenvalue weighted by molar-refractivity contribution is 0.0928. The van der Waals surface area contributed by atoms with Crippen molar-refractivity contribution >= 4 is 28.3 Å². The summed E-state index contributed by atoms with van der Waals surface area (Å²) in [5.74, 6) is -0.157. The second-order valence-corrected chi connectivity index (χ2v) is 6.03. The van der Waals surface area contributed by atoms with E-state index in [0.29, 0.717) is 5.69 Å². The van der Waals surface area contributed by atoms with Gasteiger partial charge in [-0.1, -0.05) is 36.4 Å². The van der Waals surface area contributed by atoms with Gasteiger partial charge >= 0.3 is 0 Å². The molecule has 1 aromatic carbocycles. The van der Waals surface area contributed by atoms with E-state index in [0.717, 1.165) is 35.6 Å². The zero-order valence-corrected chi connectivity index (χ0v) is 12.4. The fraction of sp³-hybridized carbons (Fsp3) is 0.294. The molecule has 3 rings (SSSR count). The van der Waals surface area contributed by atoms with Gasteiger partial charge in [0.1, 0.15) is 5.69 Å². The summed E-state index contributed by atoms with van der Waals surface area (Å²) in [4.78, 5) is 16.7. The van der Waals surface area contributed by atoms with Crippen molar-refractivity contribution in [3.8, 4) is 0 Å². The molecule has 108 valence electrons. The molecule has 3 nitrogen and oxygen atoms in total. The number of rotatable bonds is 2. The summed E-state index contributed by atoms with van der Waals surface area (Å²) in [6.45, 7) is 3.97. The minimum absolute atomic E-state index is 0.0227. The topological polar surface area (TPSA) is 42.0 Å². The zero-order valence-electron chi connectivity index (χ0n) is 11.7. The van der Waals surface area contributed by atoms with E-state index in [9.17, 15) is 4.79 Å². The summed E-state index contributed by atoms with van der Waals surface area (Å²) >= 11 is 6.33. The molecule has 0 spiro atoms. The quantitative estimate of drug-likeness (QED) is 0.679. The molecule has 1 saturated carbocycles. The van der Waals surface area contributed by atoms with Crippen molar-refractivity contribution in [2.45, 2.75) is 30.7 Å². The Bertz CT molecular complexity index is 693. The average molecular weight is 301 g/mol. The first-order chi connectivity index (χ1) is 10.1. The minimum Gasteiger partial charge on any atom is -0.346 e. The molecule has 1 fully saturated rings. The molecule has 1 amide bonds. The molecule has 1 N–H and O–H groups in total. The molecule has 1 aliphatic carbocycles. The molecule has 1 aromatic heterocycles. The van der Waals surface area contributed by atoms with Crippen LogP contribution < -0.4 is 5.32 Å². The van der Waals surface area contributed by atoms with E-state index in [1.165, 1.54) is 0 Å². The zero-order chi connectivity index (χ0) is 14.8. The van der Waals surface area contributed by atoms with Crippen molar-refractivity contribution in [2.75, 3.05) is 0 Å². The molecule has 0 saturated heterocycles. The van der Waals surface area contributed by atoms with Crippen LogP contribution in [0.4, 0.5) is 0 Å². The number of aromatic nitrogens is 1. The minimum atomic E-state index is -0.157. The molecule has 21 heavy (non-hydrogen) atoms. The molecule has 2 unspecified atom stereocenters. The highest BCUT2D eigenvalue weighted by atomic mass is 35.5. The highest BCUT2D eigenvalue weighted by Crippen LogP contribution is 2.27. The van der Waals surface area contributed by atoms with Crippen LogP contribution in [0.1, 0.15) is 29.8 Å². The predicted molar refractivity (Wildman–Crippen MR) is 85.6 cm³/mol. The van der Waals surface area contributed by atoms with Crippen molar-refractivity contribution in [3.63, 3.8) is 0 Å². The van der Waals surface area contributed by atoms with E-state index in [4.69, 9.17) is 11.6 Å².